The van der Waals surface area contributed by atoms with Crippen molar-refractivity contribution in [3.05, 3.63) is 29.8 Å². The zero-order valence-electron chi connectivity index (χ0n) is 10.4. The zero-order chi connectivity index (χ0) is 12.6. The van der Waals surface area contributed by atoms with Crippen LogP contribution in [0.2, 0.25) is 0 Å². The molecule has 0 spiro atoms. The van der Waals surface area contributed by atoms with Crippen LogP contribution in [0.25, 0.3) is 0 Å². The second-order valence-corrected chi connectivity index (χ2v) is 3.82. The Hall–Kier alpha value is -0.800. The van der Waals surface area contributed by atoms with Crippen molar-refractivity contribution in [2.24, 2.45) is 0 Å². The zero-order valence-corrected chi connectivity index (χ0v) is 11.3. The highest BCUT2D eigenvalue weighted by molar-refractivity contribution is 7.80. The Morgan fingerprint density at radius 2 is 1.94 bits per heavy atom. The van der Waals surface area contributed by atoms with Crippen molar-refractivity contribution in [2.45, 2.75) is 45.2 Å². The van der Waals surface area contributed by atoms with Gasteiger partial charge in [-0.25, -0.2) is 0 Å². The number of rotatable bonds is 4. The SMILES string of the molecule is CC.CC(=O)C(C)NCc1ccccc1S. The normalized spacial score (nSPS) is 11.3. The van der Waals surface area contributed by atoms with Gasteiger partial charge in [0.05, 0.1) is 6.04 Å². The molecule has 0 bridgehead atoms. The lowest BCUT2D eigenvalue weighted by molar-refractivity contribution is -0.118. The van der Waals surface area contributed by atoms with Gasteiger partial charge < -0.3 is 5.32 Å². The van der Waals surface area contributed by atoms with Crippen LogP contribution in [0, 0.1) is 0 Å². The van der Waals surface area contributed by atoms with Crippen molar-refractivity contribution in [3.8, 4) is 0 Å². The van der Waals surface area contributed by atoms with Crippen molar-refractivity contribution in [2.75, 3.05) is 0 Å². The second-order valence-electron chi connectivity index (χ2n) is 3.34. The third kappa shape index (κ3) is 5.33. The van der Waals surface area contributed by atoms with Crippen molar-refractivity contribution < 1.29 is 4.79 Å². The third-order valence-electron chi connectivity index (χ3n) is 2.20. The Labute approximate surface area is 104 Å². The fourth-order valence-corrected chi connectivity index (χ4v) is 1.31. The molecule has 0 heterocycles. The standard InChI is InChI=1S/C11H15NOS.C2H6/c1-8(9(2)13)12-7-10-5-3-4-6-11(10)14;1-2/h3-6,8,12,14H,7H2,1-2H3;1-2H3. The van der Waals surface area contributed by atoms with Gasteiger partial charge in [-0.1, -0.05) is 32.0 Å². The molecule has 1 N–H and O–H groups in total. The number of thiol groups is 1. The van der Waals surface area contributed by atoms with E-state index in [2.05, 4.69) is 17.9 Å². The van der Waals surface area contributed by atoms with Gasteiger partial charge in [0.15, 0.2) is 0 Å². The molecule has 0 aliphatic carbocycles. The van der Waals surface area contributed by atoms with Gasteiger partial charge in [0, 0.05) is 11.4 Å². The number of ketones is 1. The minimum atomic E-state index is -0.0945. The maximum absolute atomic E-state index is 11.0. The summed E-state index contributed by atoms with van der Waals surface area (Å²) in [7, 11) is 0. The number of carbonyl (C=O) groups is 1. The van der Waals surface area contributed by atoms with Crippen LogP contribution in [0.3, 0.4) is 0 Å². The summed E-state index contributed by atoms with van der Waals surface area (Å²) >= 11 is 4.33. The molecule has 1 unspecified atom stereocenters. The minimum absolute atomic E-state index is 0.0945. The van der Waals surface area contributed by atoms with Gasteiger partial charge in [0.2, 0.25) is 0 Å². The van der Waals surface area contributed by atoms with E-state index < -0.39 is 0 Å². The number of carbonyl (C=O) groups excluding carboxylic acids is 1. The Morgan fingerprint density at radius 3 is 2.44 bits per heavy atom. The molecule has 0 saturated heterocycles. The average Bonchev–Trinajstić information content (AvgIpc) is 2.30. The van der Waals surface area contributed by atoms with Crippen LogP contribution in [-0.2, 0) is 11.3 Å². The molecular weight excluding hydrogens is 218 g/mol. The highest BCUT2D eigenvalue weighted by Crippen LogP contribution is 2.12. The first-order valence-electron chi connectivity index (χ1n) is 5.62. The molecule has 0 amide bonds. The van der Waals surface area contributed by atoms with E-state index >= 15 is 0 Å². The number of hydrogen-bond donors (Lipinski definition) is 2. The summed E-state index contributed by atoms with van der Waals surface area (Å²) in [6.07, 6.45) is 0. The van der Waals surface area contributed by atoms with E-state index in [0.717, 1.165) is 10.5 Å². The Bertz CT molecular complexity index is 325. The summed E-state index contributed by atoms with van der Waals surface area (Å²) in [5.41, 5.74) is 1.11. The maximum atomic E-state index is 11.0. The summed E-state index contributed by atoms with van der Waals surface area (Å²) in [5.74, 6) is 0.154. The molecular formula is C13H21NOS. The smallest absolute Gasteiger partial charge is 0.146 e. The molecule has 3 heteroatoms. The molecule has 2 nitrogen and oxygen atoms in total. The molecule has 0 fully saturated rings. The predicted octanol–water partition coefficient (Wildman–Crippen LogP) is 3.07. The van der Waals surface area contributed by atoms with E-state index in [-0.39, 0.29) is 11.8 Å². The molecule has 0 aliphatic rings. The molecule has 0 aliphatic heterocycles. The van der Waals surface area contributed by atoms with E-state index in [1.807, 2.05) is 45.0 Å². The van der Waals surface area contributed by atoms with Gasteiger partial charge in [-0.2, -0.15) is 0 Å². The van der Waals surface area contributed by atoms with Crippen LogP contribution >= 0.6 is 12.6 Å². The fourth-order valence-electron chi connectivity index (χ4n) is 1.07. The van der Waals surface area contributed by atoms with E-state index in [1.165, 1.54) is 0 Å². The van der Waals surface area contributed by atoms with Crippen molar-refractivity contribution in [1.29, 1.82) is 0 Å². The summed E-state index contributed by atoms with van der Waals surface area (Å²) in [4.78, 5) is 11.9. The first-order chi connectivity index (χ1) is 7.61. The summed E-state index contributed by atoms with van der Waals surface area (Å²) in [6, 6.07) is 7.76. The van der Waals surface area contributed by atoms with Crippen molar-refractivity contribution >= 4 is 18.4 Å². The molecule has 0 saturated carbocycles. The van der Waals surface area contributed by atoms with Gasteiger partial charge in [-0.15, -0.1) is 12.6 Å². The van der Waals surface area contributed by atoms with Crippen molar-refractivity contribution in [1.82, 2.24) is 5.32 Å². The largest absolute Gasteiger partial charge is 0.304 e. The van der Waals surface area contributed by atoms with E-state index in [1.54, 1.807) is 6.92 Å². The van der Waals surface area contributed by atoms with Crippen LogP contribution in [0.4, 0.5) is 0 Å². The lowest BCUT2D eigenvalue weighted by atomic mass is 10.2. The van der Waals surface area contributed by atoms with Gasteiger partial charge in [-0.05, 0) is 25.5 Å². The molecule has 16 heavy (non-hydrogen) atoms. The molecule has 1 atom stereocenters. The highest BCUT2D eigenvalue weighted by atomic mass is 32.1. The second kappa shape index (κ2) is 8.36. The monoisotopic (exact) mass is 239 g/mol. The van der Waals surface area contributed by atoms with Gasteiger partial charge in [-0.3, -0.25) is 4.79 Å². The van der Waals surface area contributed by atoms with Crippen LogP contribution in [-0.4, -0.2) is 11.8 Å². The van der Waals surface area contributed by atoms with Crippen molar-refractivity contribution in [3.63, 3.8) is 0 Å². The number of Topliss-reactive ketones (excluding diaryl/α,β-unsaturated/α-hetero) is 1. The lowest BCUT2D eigenvalue weighted by Crippen LogP contribution is -2.31. The number of benzene rings is 1. The molecule has 1 aromatic carbocycles. The van der Waals surface area contributed by atoms with E-state index in [0.29, 0.717) is 6.54 Å². The highest BCUT2D eigenvalue weighted by Gasteiger charge is 2.06. The van der Waals surface area contributed by atoms with E-state index in [9.17, 15) is 4.79 Å². The van der Waals surface area contributed by atoms with Gasteiger partial charge in [0.25, 0.3) is 0 Å². The average molecular weight is 239 g/mol. The predicted molar refractivity (Wildman–Crippen MR) is 72.0 cm³/mol. The molecule has 90 valence electrons. The first-order valence-corrected chi connectivity index (χ1v) is 6.06. The summed E-state index contributed by atoms with van der Waals surface area (Å²) in [6.45, 7) is 8.13. The van der Waals surface area contributed by atoms with Gasteiger partial charge >= 0.3 is 0 Å². The molecule has 0 radical (unpaired) electrons. The topological polar surface area (TPSA) is 29.1 Å². The van der Waals surface area contributed by atoms with Crippen LogP contribution < -0.4 is 5.32 Å². The quantitative estimate of drug-likeness (QED) is 0.791. The van der Waals surface area contributed by atoms with Crippen LogP contribution in [0.5, 0.6) is 0 Å². The van der Waals surface area contributed by atoms with Crippen LogP contribution in [0.1, 0.15) is 33.3 Å². The third-order valence-corrected chi connectivity index (χ3v) is 2.64. The Balaban J connectivity index is 0.00000106. The number of hydrogen-bond acceptors (Lipinski definition) is 3. The minimum Gasteiger partial charge on any atom is -0.304 e. The lowest BCUT2D eigenvalue weighted by Gasteiger charge is -2.11. The molecule has 1 rings (SSSR count). The fraction of sp³-hybridized carbons (Fsp3) is 0.462. The first kappa shape index (κ1) is 15.2. The van der Waals surface area contributed by atoms with E-state index in [4.69, 9.17) is 0 Å². The van der Waals surface area contributed by atoms with Gasteiger partial charge in [0.1, 0.15) is 5.78 Å². The summed E-state index contributed by atoms with van der Waals surface area (Å²) in [5, 5.41) is 3.14. The summed E-state index contributed by atoms with van der Waals surface area (Å²) < 4.78 is 0. The Morgan fingerprint density at radius 1 is 1.38 bits per heavy atom. The maximum Gasteiger partial charge on any atom is 0.146 e. The molecule has 0 aromatic heterocycles. The molecule has 1 aromatic rings. The number of nitrogens with one attached hydrogen (secondary N) is 1. The Kier molecular flexibility index (Phi) is 7.95. The van der Waals surface area contributed by atoms with Crippen LogP contribution in [0.15, 0.2) is 29.2 Å².